The van der Waals surface area contributed by atoms with Crippen molar-refractivity contribution >= 4 is 18.4 Å². The average molecular weight is 252 g/mol. The number of methoxy groups -OCH3 is 1. The van der Waals surface area contributed by atoms with Crippen molar-refractivity contribution in [1.82, 2.24) is 0 Å². The Bertz CT molecular complexity index is 374. The van der Waals surface area contributed by atoms with Gasteiger partial charge in [0.15, 0.2) is 11.6 Å². The van der Waals surface area contributed by atoms with Crippen LogP contribution in [0.1, 0.15) is 5.56 Å². The zero-order valence-corrected chi connectivity index (χ0v) is 9.39. The Kier molecular flexibility index (Phi) is 5.92. The number of ether oxygens (including phenoxy) is 1. The summed E-state index contributed by atoms with van der Waals surface area (Å²) in [6, 6.07) is 2.52. The van der Waals surface area contributed by atoms with Gasteiger partial charge in [0.2, 0.25) is 0 Å². The average Bonchev–Trinajstić information content (AvgIpc) is 2.22. The number of rotatable bonds is 3. The topological polar surface area (TPSA) is 52.3 Å². The molecule has 0 aromatic heterocycles. The summed E-state index contributed by atoms with van der Waals surface area (Å²) >= 11 is 0. The van der Waals surface area contributed by atoms with Gasteiger partial charge in [-0.05, 0) is 24.1 Å². The van der Waals surface area contributed by atoms with Gasteiger partial charge in [0.05, 0.1) is 7.11 Å². The molecule has 0 aliphatic carbocycles. The lowest BCUT2D eigenvalue weighted by atomic mass is 10.1. The van der Waals surface area contributed by atoms with Crippen LogP contribution in [-0.4, -0.2) is 19.1 Å². The van der Waals surface area contributed by atoms with Crippen molar-refractivity contribution < 1.29 is 18.3 Å². The van der Waals surface area contributed by atoms with Crippen molar-refractivity contribution in [2.45, 2.75) is 12.5 Å². The molecule has 1 rings (SSSR count). The number of carbonyl (C=O) groups excluding carboxylic acids is 1. The molecule has 0 radical (unpaired) electrons. The highest BCUT2D eigenvalue weighted by Gasteiger charge is 2.15. The molecule has 0 aliphatic heterocycles. The van der Waals surface area contributed by atoms with Crippen LogP contribution in [-0.2, 0) is 16.0 Å². The van der Waals surface area contributed by atoms with Crippen LogP contribution in [0.4, 0.5) is 8.78 Å². The van der Waals surface area contributed by atoms with Crippen molar-refractivity contribution in [2.75, 3.05) is 7.11 Å². The van der Waals surface area contributed by atoms with E-state index in [1.54, 1.807) is 0 Å². The fourth-order valence-corrected chi connectivity index (χ4v) is 1.16. The minimum Gasteiger partial charge on any atom is -0.468 e. The third-order valence-corrected chi connectivity index (χ3v) is 1.94. The highest BCUT2D eigenvalue weighted by molar-refractivity contribution is 5.85. The molecule has 0 saturated carbocycles. The normalized spacial score (nSPS) is 11.5. The fourth-order valence-electron chi connectivity index (χ4n) is 1.16. The van der Waals surface area contributed by atoms with Crippen LogP contribution in [0.3, 0.4) is 0 Å². The SMILES string of the molecule is COC(=O)[C@H](N)Cc1ccc(F)c(F)c1.Cl. The summed E-state index contributed by atoms with van der Waals surface area (Å²) in [5.41, 5.74) is 5.91. The Morgan fingerprint density at radius 2 is 2.06 bits per heavy atom. The van der Waals surface area contributed by atoms with E-state index in [1.807, 2.05) is 0 Å². The molecule has 0 amide bonds. The first kappa shape index (κ1) is 14.8. The van der Waals surface area contributed by atoms with Gasteiger partial charge in [0, 0.05) is 0 Å². The summed E-state index contributed by atoms with van der Waals surface area (Å²) < 4.78 is 29.8. The van der Waals surface area contributed by atoms with Gasteiger partial charge in [-0.15, -0.1) is 12.4 Å². The van der Waals surface area contributed by atoms with Crippen LogP contribution in [0.2, 0.25) is 0 Å². The van der Waals surface area contributed by atoms with E-state index < -0.39 is 23.6 Å². The van der Waals surface area contributed by atoms with Gasteiger partial charge < -0.3 is 10.5 Å². The van der Waals surface area contributed by atoms with Crippen molar-refractivity contribution in [3.8, 4) is 0 Å². The molecule has 0 heterocycles. The Morgan fingerprint density at radius 1 is 1.44 bits per heavy atom. The fraction of sp³-hybridized carbons (Fsp3) is 0.300. The summed E-state index contributed by atoms with van der Waals surface area (Å²) in [4.78, 5) is 11.0. The van der Waals surface area contributed by atoms with E-state index >= 15 is 0 Å². The Morgan fingerprint density at radius 3 is 2.56 bits per heavy atom. The molecule has 0 unspecified atom stereocenters. The summed E-state index contributed by atoms with van der Waals surface area (Å²) in [6.45, 7) is 0. The highest BCUT2D eigenvalue weighted by atomic mass is 35.5. The van der Waals surface area contributed by atoms with Gasteiger partial charge in [0.1, 0.15) is 6.04 Å². The lowest BCUT2D eigenvalue weighted by Gasteiger charge is -2.08. The van der Waals surface area contributed by atoms with Crippen molar-refractivity contribution in [1.29, 1.82) is 0 Å². The lowest BCUT2D eigenvalue weighted by Crippen LogP contribution is -2.33. The number of halogens is 3. The van der Waals surface area contributed by atoms with Crippen molar-refractivity contribution in [3.63, 3.8) is 0 Å². The Hall–Kier alpha value is -1.20. The first-order chi connectivity index (χ1) is 7.04. The van der Waals surface area contributed by atoms with E-state index in [2.05, 4.69) is 4.74 Å². The number of benzene rings is 1. The number of esters is 1. The molecule has 0 saturated heterocycles. The molecule has 2 N–H and O–H groups in total. The zero-order valence-electron chi connectivity index (χ0n) is 8.57. The maximum Gasteiger partial charge on any atom is 0.322 e. The number of nitrogens with two attached hydrogens (primary N) is 1. The van der Waals surface area contributed by atoms with E-state index in [0.29, 0.717) is 5.56 Å². The first-order valence-corrected chi connectivity index (χ1v) is 4.32. The molecule has 1 aromatic rings. The van der Waals surface area contributed by atoms with Gasteiger partial charge in [-0.25, -0.2) is 8.78 Å². The minimum atomic E-state index is -0.954. The summed E-state index contributed by atoms with van der Waals surface area (Å²) in [5, 5.41) is 0. The monoisotopic (exact) mass is 251 g/mol. The molecule has 6 heteroatoms. The molecule has 90 valence electrons. The number of carbonyl (C=O) groups is 1. The van der Waals surface area contributed by atoms with Crippen LogP contribution < -0.4 is 5.73 Å². The van der Waals surface area contributed by atoms with E-state index in [4.69, 9.17) is 5.73 Å². The van der Waals surface area contributed by atoms with E-state index in [0.717, 1.165) is 12.1 Å². The molecule has 3 nitrogen and oxygen atoms in total. The molecular formula is C10H12ClF2NO2. The molecule has 0 spiro atoms. The Balaban J connectivity index is 0.00000225. The second-order valence-electron chi connectivity index (χ2n) is 3.08. The second-order valence-corrected chi connectivity index (χ2v) is 3.08. The maximum atomic E-state index is 12.8. The third-order valence-electron chi connectivity index (χ3n) is 1.94. The van der Waals surface area contributed by atoms with Crippen LogP contribution in [0.15, 0.2) is 18.2 Å². The van der Waals surface area contributed by atoms with Gasteiger partial charge in [-0.1, -0.05) is 6.07 Å². The van der Waals surface area contributed by atoms with Crippen LogP contribution in [0.25, 0.3) is 0 Å². The summed E-state index contributed by atoms with van der Waals surface area (Å²) in [5.74, 6) is -2.46. The van der Waals surface area contributed by atoms with E-state index in [-0.39, 0.29) is 18.8 Å². The molecule has 0 fully saturated rings. The lowest BCUT2D eigenvalue weighted by molar-refractivity contribution is -0.142. The maximum absolute atomic E-state index is 12.8. The quantitative estimate of drug-likeness (QED) is 0.827. The van der Waals surface area contributed by atoms with Gasteiger partial charge in [-0.3, -0.25) is 4.79 Å². The molecule has 1 aromatic carbocycles. The highest BCUT2D eigenvalue weighted by Crippen LogP contribution is 2.10. The number of hydrogen-bond acceptors (Lipinski definition) is 3. The predicted molar refractivity (Wildman–Crippen MR) is 57.3 cm³/mol. The van der Waals surface area contributed by atoms with Crippen molar-refractivity contribution in [2.24, 2.45) is 5.73 Å². The van der Waals surface area contributed by atoms with E-state index in [9.17, 15) is 13.6 Å². The van der Waals surface area contributed by atoms with Crippen LogP contribution >= 0.6 is 12.4 Å². The summed E-state index contributed by atoms with van der Waals surface area (Å²) in [6.07, 6.45) is 0.115. The first-order valence-electron chi connectivity index (χ1n) is 4.32. The van der Waals surface area contributed by atoms with Crippen molar-refractivity contribution in [3.05, 3.63) is 35.4 Å². The van der Waals surface area contributed by atoms with Gasteiger partial charge in [0.25, 0.3) is 0 Å². The second kappa shape index (κ2) is 6.40. The van der Waals surface area contributed by atoms with Gasteiger partial charge in [-0.2, -0.15) is 0 Å². The van der Waals surface area contributed by atoms with E-state index in [1.165, 1.54) is 13.2 Å². The Labute approximate surface area is 98.0 Å². The summed E-state index contributed by atoms with van der Waals surface area (Å²) in [7, 11) is 1.22. The third kappa shape index (κ3) is 3.75. The molecule has 16 heavy (non-hydrogen) atoms. The van der Waals surface area contributed by atoms with Crippen LogP contribution in [0.5, 0.6) is 0 Å². The zero-order chi connectivity index (χ0) is 11.4. The standard InChI is InChI=1S/C10H11F2NO2.ClH/c1-15-10(14)9(13)5-6-2-3-7(11)8(12)4-6;/h2-4,9H,5,13H2,1H3;1H/t9-;/m1./s1. The number of hydrogen-bond donors (Lipinski definition) is 1. The van der Waals surface area contributed by atoms with Gasteiger partial charge >= 0.3 is 5.97 Å². The minimum absolute atomic E-state index is 0. The molecule has 1 atom stereocenters. The predicted octanol–water partition coefficient (Wildman–Crippen LogP) is 1.43. The molecular weight excluding hydrogens is 240 g/mol. The molecule has 0 bridgehead atoms. The smallest absolute Gasteiger partial charge is 0.322 e. The molecule has 0 aliphatic rings. The largest absolute Gasteiger partial charge is 0.468 e. The van der Waals surface area contributed by atoms with Crippen LogP contribution in [0, 0.1) is 11.6 Å².